The number of amides is 1. The molecule has 0 bridgehead atoms. The largest absolute Gasteiger partial charge is 0.484 e. The molecule has 1 aliphatic heterocycles. The van der Waals surface area contributed by atoms with E-state index >= 15 is 0 Å². The smallest absolute Gasteiger partial charge is 0.308 e. The minimum atomic E-state index is -0.873. The lowest BCUT2D eigenvalue weighted by Gasteiger charge is -2.30. The van der Waals surface area contributed by atoms with Gasteiger partial charge in [-0.1, -0.05) is 0 Å². The molecule has 5 nitrogen and oxygen atoms in total. The Hall–Kier alpha value is -2.11. The van der Waals surface area contributed by atoms with Crippen molar-refractivity contribution < 1.29 is 23.8 Å². The summed E-state index contributed by atoms with van der Waals surface area (Å²) in [5, 5.41) is 8.97. The summed E-state index contributed by atoms with van der Waals surface area (Å²) in [5.41, 5.74) is 0. The van der Waals surface area contributed by atoms with Crippen molar-refractivity contribution in [3.05, 3.63) is 30.1 Å². The second kappa shape index (κ2) is 6.36. The normalized spacial score (nSPS) is 18.6. The quantitative estimate of drug-likeness (QED) is 0.908. The first-order valence-electron chi connectivity index (χ1n) is 6.45. The van der Waals surface area contributed by atoms with Crippen molar-refractivity contribution in [3.8, 4) is 5.75 Å². The van der Waals surface area contributed by atoms with E-state index in [1.807, 2.05) is 0 Å². The predicted octanol–water partition coefficient (Wildman–Crippen LogP) is 1.53. The number of carbonyl (C=O) groups is 2. The van der Waals surface area contributed by atoms with Crippen molar-refractivity contribution in [2.24, 2.45) is 5.92 Å². The van der Waals surface area contributed by atoms with Crippen LogP contribution in [-0.4, -0.2) is 41.6 Å². The summed E-state index contributed by atoms with van der Waals surface area (Å²) in [7, 11) is 0. The van der Waals surface area contributed by atoms with E-state index < -0.39 is 11.9 Å². The molecule has 1 N–H and O–H groups in total. The minimum absolute atomic E-state index is 0.169. The molecular weight excluding hydrogens is 265 g/mol. The number of nitrogens with zero attached hydrogens (tertiary/aromatic N) is 1. The van der Waals surface area contributed by atoms with E-state index in [4.69, 9.17) is 9.84 Å². The number of piperidine rings is 1. The van der Waals surface area contributed by atoms with Gasteiger partial charge < -0.3 is 14.7 Å². The lowest BCUT2D eigenvalue weighted by atomic mass is 9.98. The highest BCUT2D eigenvalue weighted by atomic mass is 19.1. The molecule has 1 heterocycles. The second-order valence-corrected chi connectivity index (χ2v) is 4.76. The monoisotopic (exact) mass is 281 g/mol. The van der Waals surface area contributed by atoms with Crippen molar-refractivity contribution in [2.75, 3.05) is 19.7 Å². The van der Waals surface area contributed by atoms with Crippen LogP contribution in [0, 0.1) is 11.7 Å². The van der Waals surface area contributed by atoms with Crippen LogP contribution in [0.25, 0.3) is 0 Å². The maximum atomic E-state index is 12.7. The molecule has 1 aromatic rings. The van der Waals surface area contributed by atoms with Gasteiger partial charge >= 0.3 is 5.97 Å². The second-order valence-electron chi connectivity index (χ2n) is 4.76. The highest BCUT2D eigenvalue weighted by Crippen LogP contribution is 2.17. The Labute approximate surface area is 116 Å². The molecule has 0 aromatic heterocycles. The number of aliphatic carboxylic acids is 1. The Balaban J connectivity index is 1.85. The van der Waals surface area contributed by atoms with Crippen LogP contribution >= 0.6 is 0 Å². The standard InChI is InChI=1S/C14H16FNO4/c15-11-3-5-12(6-4-11)20-9-13(17)16-7-1-2-10(8-16)14(18)19/h3-6,10H,1-2,7-9H2,(H,18,19)/t10-/m0/s1. The van der Waals surface area contributed by atoms with Crippen LogP contribution < -0.4 is 4.74 Å². The highest BCUT2D eigenvalue weighted by molar-refractivity contribution is 5.79. The zero-order valence-electron chi connectivity index (χ0n) is 10.9. The van der Waals surface area contributed by atoms with Crippen molar-refractivity contribution in [3.63, 3.8) is 0 Å². The first kappa shape index (κ1) is 14.3. The number of benzene rings is 1. The molecule has 0 saturated carbocycles. The van der Waals surface area contributed by atoms with Crippen LogP contribution in [0.3, 0.4) is 0 Å². The third kappa shape index (κ3) is 3.69. The summed E-state index contributed by atoms with van der Waals surface area (Å²) in [6.07, 6.45) is 1.27. The minimum Gasteiger partial charge on any atom is -0.484 e. The summed E-state index contributed by atoms with van der Waals surface area (Å²) in [6, 6.07) is 5.39. The molecule has 20 heavy (non-hydrogen) atoms. The summed E-state index contributed by atoms with van der Waals surface area (Å²) in [6.45, 7) is 0.605. The Morgan fingerprint density at radius 1 is 1.35 bits per heavy atom. The van der Waals surface area contributed by atoms with Gasteiger partial charge in [-0.15, -0.1) is 0 Å². The first-order valence-corrected chi connectivity index (χ1v) is 6.45. The topological polar surface area (TPSA) is 66.8 Å². The van der Waals surface area contributed by atoms with Crippen molar-refractivity contribution in [2.45, 2.75) is 12.8 Å². The molecule has 108 valence electrons. The van der Waals surface area contributed by atoms with Gasteiger partial charge in [0.05, 0.1) is 5.92 Å². The number of hydrogen-bond donors (Lipinski definition) is 1. The fourth-order valence-corrected chi connectivity index (χ4v) is 2.17. The fraction of sp³-hybridized carbons (Fsp3) is 0.429. The lowest BCUT2D eigenvalue weighted by molar-refractivity contribution is -0.146. The summed E-state index contributed by atoms with van der Waals surface area (Å²) < 4.78 is 18.0. The SMILES string of the molecule is O=C(O)[C@H]1CCCN(C(=O)COc2ccc(F)cc2)C1. The third-order valence-electron chi connectivity index (χ3n) is 3.30. The predicted molar refractivity (Wildman–Crippen MR) is 68.8 cm³/mol. The van der Waals surface area contributed by atoms with Gasteiger partial charge in [-0.3, -0.25) is 9.59 Å². The highest BCUT2D eigenvalue weighted by Gasteiger charge is 2.28. The zero-order chi connectivity index (χ0) is 14.5. The van der Waals surface area contributed by atoms with Crippen LogP contribution in [0.5, 0.6) is 5.75 Å². The Bertz CT molecular complexity index is 488. The number of halogens is 1. The van der Waals surface area contributed by atoms with E-state index in [0.29, 0.717) is 25.1 Å². The Kier molecular flexibility index (Phi) is 4.55. The Morgan fingerprint density at radius 3 is 2.70 bits per heavy atom. The molecule has 1 fully saturated rings. The molecular formula is C14H16FNO4. The molecule has 2 rings (SSSR count). The van der Waals surface area contributed by atoms with E-state index in [9.17, 15) is 14.0 Å². The molecule has 1 amide bonds. The van der Waals surface area contributed by atoms with Crippen molar-refractivity contribution in [1.29, 1.82) is 0 Å². The maximum Gasteiger partial charge on any atom is 0.308 e. The molecule has 1 saturated heterocycles. The van der Waals surface area contributed by atoms with Gasteiger partial charge in [0.25, 0.3) is 5.91 Å². The molecule has 1 atom stereocenters. The molecule has 1 aliphatic rings. The van der Waals surface area contributed by atoms with E-state index in [1.54, 1.807) is 0 Å². The van der Waals surface area contributed by atoms with Gasteiger partial charge in [0.1, 0.15) is 11.6 Å². The number of carbonyl (C=O) groups excluding carboxylic acids is 1. The molecule has 0 aliphatic carbocycles. The molecule has 1 aromatic carbocycles. The van der Waals surface area contributed by atoms with E-state index in [1.165, 1.54) is 29.2 Å². The summed E-state index contributed by atoms with van der Waals surface area (Å²) in [5.74, 6) is -1.59. The van der Waals surface area contributed by atoms with Gasteiger partial charge in [-0.2, -0.15) is 0 Å². The van der Waals surface area contributed by atoms with Crippen LogP contribution in [-0.2, 0) is 9.59 Å². The number of likely N-dealkylation sites (tertiary alicyclic amines) is 1. The van der Waals surface area contributed by atoms with Crippen LogP contribution in [0.4, 0.5) is 4.39 Å². The number of carboxylic acid groups (broad SMARTS) is 1. The average molecular weight is 281 g/mol. The molecule has 6 heteroatoms. The Morgan fingerprint density at radius 2 is 2.05 bits per heavy atom. The van der Waals surface area contributed by atoms with E-state index in [2.05, 4.69) is 0 Å². The van der Waals surface area contributed by atoms with Crippen LogP contribution in [0.15, 0.2) is 24.3 Å². The summed E-state index contributed by atoms with van der Waals surface area (Å²) >= 11 is 0. The molecule has 0 radical (unpaired) electrons. The third-order valence-corrected chi connectivity index (χ3v) is 3.30. The van der Waals surface area contributed by atoms with Gasteiger partial charge in [0.15, 0.2) is 6.61 Å². The van der Waals surface area contributed by atoms with Gasteiger partial charge in [-0.25, -0.2) is 4.39 Å². The van der Waals surface area contributed by atoms with Crippen molar-refractivity contribution >= 4 is 11.9 Å². The van der Waals surface area contributed by atoms with Gasteiger partial charge in [0, 0.05) is 13.1 Å². The maximum absolute atomic E-state index is 12.7. The van der Waals surface area contributed by atoms with E-state index in [-0.39, 0.29) is 24.9 Å². The van der Waals surface area contributed by atoms with E-state index in [0.717, 1.165) is 0 Å². The number of ether oxygens (including phenoxy) is 1. The lowest BCUT2D eigenvalue weighted by Crippen LogP contribution is -2.44. The average Bonchev–Trinajstić information content (AvgIpc) is 2.46. The zero-order valence-corrected chi connectivity index (χ0v) is 10.9. The van der Waals surface area contributed by atoms with Gasteiger partial charge in [-0.05, 0) is 37.1 Å². The first-order chi connectivity index (χ1) is 9.56. The van der Waals surface area contributed by atoms with Crippen molar-refractivity contribution in [1.82, 2.24) is 4.90 Å². The van der Waals surface area contributed by atoms with Crippen LogP contribution in [0.2, 0.25) is 0 Å². The fourth-order valence-electron chi connectivity index (χ4n) is 2.17. The number of rotatable bonds is 4. The summed E-state index contributed by atoms with van der Waals surface area (Å²) in [4.78, 5) is 24.4. The van der Waals surface area contributed by atoms with Crippen LogP contribution in [0.1, 0.15) is 12.8 Å². The number of carboxylic acids is 1. The number of hydrogen-bond acceptors (Lipinski definition) is 3. The molecule has 0 spiro atoms. The van der Waals surface area contributed by atoms with Gasteiger partial charge in [0.2, 0.25) is 0 Å². The molecule has 0 unspecified atom stereocenters.